The number of anilines is 3. The summed E-state index contributed by atoms with van der Waals surface area (Å²) in [6, 6.07) is 4.79. The number of nitrogens with zero attached hydrogens (tertiary/aromatic N) is 3. The summed E-state index contributed by atoms with van der Waals surface area (Å²) in [5, 5.41) is 14.3. The first-order valence-corrected chi connectivity index (χ1v) is 7.10. The molecule has 0 atom stereocenters. The Balaban J connectivity index is 2.21. The number of carbonyl (C=O) groups excluding carboxylic acids is 1. The maximum Gasteiger partial charge on any atom is 0.337 e. The first-order valence-electron chi connectivity index (χ1n) is 6.72. The highest BCUT2D eigenvalue weighted by atomic mass is 35.5. The fraction of sp³-hybridized carbons (Fsp3) is 0.286. The van der Waals surface area contributed by atoms with Crippen LogP contribution in [0, 0.1) is 0 Å². The van der Waals surface area contributed by atoms with E-state index in [1.165, 1.54) is 13.3 Å². The van der Waals surface area contributed by atoms with Gasteiger partial charge in [-0.15, -0.1) is 5.10 Å². The number of aromatic nitrogens is 3. The third-order valence-electron chi connectivity index (χ3n) is 2.74. The first kappa shape index (κ1) is 16.0. The second kappa shape index (κ2) is 7.56. The van der Waals surface area contributed by atoms with Crippen LogP contribution in [0.1, 0.15) is 23.7 Å². The number of benzene rings is 1. The van der Waals surface area contributed by atoms with Crippen LogP contribution >= 0.6 is 11.6 Å². The molecule has 2 rings (SSSR count). The van der Waals surface area contributed by atoms with Crippen LogP contribution in [0.3, 0.4) is 0 Å². The van der Waals surface area contributed by atoms with E-state index < -0.39 is 5.97 Å². The zero-order chi connectivity index (χ0) is 15.9. The number of hydrogen-bond donors (Lipinski definition) is 2. The fourth-order valence-corrected chi connectivity index (χ4v) is 1.84. The van der Waals surface area contributed by atoms with Crippen LogP contribution in [0.2, 0.25) is 5.02 Å². The highest BCUT2D eigenvalue weighted by Crippen LogP contribution is 2.26. The van der Waals surface area contributed by atoms with Gasteiger partial charge in [-0.25, -0.2) is 4.79 Å². The molecule has 1 heterocycles. The second-order valence-corrected chi connectivity index (χ2v) is 4.81. The van der Waals surface area contributed by atoms with Crippen LogP contribution in [0.25, 0.3) is 0 Å². The van der Waals surface area contributed by atoms with Crippen LogP contribution < -0.4 is 10.6 Å². The molecular weight excluding hydrogens is 306 g/mol. The van der Waals surface area contributed by atoms with Gasteiger partial charge >= 0.3 is 5.97 Å². The number of esters is 1. The lowest BCUT2D eigenvalue weighted by atomic mass is 10.2. The Morgan fingerprint density at radius 2 is 2.23 bits per heavy atom. The molecule has 2 aromatic rings. The van der Waals surface area contributed by atoms with Crippen molar-refractivity contribution in [3.63, 3.8) is 0 Å². The van der Waals surface area contributed by atoms with Crippen LogP contribution in [0.4, 0.5) is 17.5 Å². The average molecular weight is 322 g/mol. The Hall–Kier alpha value is -2.41. The Kier molecular flexibility index (Phi) is 5.48. The molecule has 0 fully saturated rings. The lowest BCUT2D eigenvalue weighted by molar-refractivity contribution is 0.0601. The summed E-state index contributed by atoms with van der Waals surface area (Å²) in [6.45, 7) is 2.80. The van der Waals surface area contributed by atoms with Crippen molar-refractivity contribution < 1.29 is 9.53 Å². The zero-order valence-electron chi connectivity index (χ0n) is 12.3. The summed E-state index contributed by atoms with van der Waals surface area (Å²) in [7, 11) is 1.32. The van der Waals surface area contributed by atoms with E-state index in [0.717, 1.165) is 13.0 Å². The molecule has 2 N–H and O–H groups in total. The summed E-state index contributed by atoms with van der Waals surface area (Å²) in [6.07, 6.45) is 2.42. The third kappa shape index (κ3) is 4.05. The Labute approximate surface area is 133 Å². The van der Waals surface area contributed by atoms with Crippen LogP contribution in [0.15, 0.2) is 24.4 Å². The number of rotatable bonds is 6. The number of carbonyl (C=O) groups is 1. The molecule has 1 aromatic carbocycles. The van der Waals surface area contributed by atoms with Gasteiger partial charge in [0, 0.05) is 6.54 Å². The number of ether oxygens (including phenoxy) is 1. The van der Waals surface area contributed by atoms with Gasteiger partial charge in [0.25, 0.3) is 0 Å². The first-order chi connectivity index (χ1) is 10.6. The fourth-order valence-electron chi connectivity index (χ4n) is 1.68. The minimum atomic E-state index is -0.439. The van der Waals surface area contributed by atoms with E-state index in [4.69, 9.17) is 11.6 Å². The molecule has 116 valence electrons. The van der Waals surface area contributed by atoms with Gasteiger partial charge in [-0.3, -0.25) is 0 Å². The molecule has 0 saturated heterocycles. The standard InChI is InChI=1S/C14H16ClN5O2/c1-3-6-16-14-19-12(8-17-20-14)18-11-7-9(13(21)22-2)4-5-10(11)15/h4-5,7-8H,3,6H2,1-2H3,(H2,16,18,19,20). The van der Waals surface area contributed by atoms with E-state index in [1.807, 2.05) is 6.92 Å². The average Bonchev–Trinajstić information content (AvgIpc) is 2.54. The molecule has 22 heavy (non-hydrogen) atoms. The van der Waals surface area contributed by atoms with Gasteiger partial charge in [0.15, 0.2) is 5.82 Å². The van der Waals surface area contributed by atoms with Crippen molar-refractivity contribution in [3.05, 3.63) is 35.0 Å². The largest absolute Gasteiger partial charge is 0.465 e. The quantitative estimate of drug-likeness (QED) is 0.791. The molecule has 0 aliphatic heterocycles. The van der Waals surface area contributed by atoms with Crippen molar-refractivity contribution in [3.8, 4) is 0 Å². The number of hydrogen-bond acceptors (Lipinski definition) is 7. The van der Waals surface area contributed by atoms with E-state index in [9.17, 15) is 4.79 Å². The number of nitrogens with one attached hydrogen (secondary N) is 2. The normalized spacial score (nSPS) is 10.1. The summed E-state index contributed by atoms with van der Waals surface area (Å²) in [5.41, 5.74) is 0.923. The molecule has 0 amide bonds. The highest BCUT2D eigenvalue weighted by molar-refractivity contribution is 6.33. The third-order valence-corrected chi connectivity index (χ3v) is 3.07. The molecular formula is C14H16ClN5O2. The van der Waals surface area contributed by atoms with E-state index >= 15 is 0 Å². The van der Waals surface area contributed by atoms with E-state index in [-0.39, 0.29) is 0 Å². The van der Waals surface area contributed by atoms with Gasteiger partial charge in [-0.05, 0) is 24.6 Å². The van der Waals surface area contributed by atoms with Gasteiger partial charge < -0.3 is 15.4 Å². The van der Waals surface area contributed by atoms with Crippen LogP contribution in [0.5, 0.6) is 0 Å². The van der Waals surface area contributed by atoms with Crippen LogP contribution in [-0.4, -0.2) is 34.8 Å². The number of halogens is 1. The molecule has 7 nitrogen and oxygen atoms in total. The number of methoxy groups -OCH3 is 1. The molecule has 0 unspecified atom stereocenters. The Morgan fingerprint density at radius 1 is 1.41 bits per heavy atom. The Bertz CT molecular complexity index is 665. The van der Waals surface area contributed by atoms with Gasteiger partial charge in [0.05, 0.1) is 29.6 Å². The molecule has 0 saturated carbocycles. The van der Waals surface area contributed by atoms with E-state index in [2.05, 4.69) is 30.6 Å². The SMILES string of the molecule is CCCNc1nncc(Nc2cc(C(=O)OC)ccc2Cl)n1. The summed E-state index contributed by atoms with van der Waals surface area (Å²) in [5.74, 6) is 0.454. The molecule has 1 aromatic heterocycles. The van der Waals surface area contributed by atoms with Crippen molar-refractivity contribution in [1.29, 1.82) is 0 Å². The smallest absolute Gasteiger partial charge is 0.337 e. The predicted octanol–water partition coefficient (Wildman–Crippen LogP) is 2.88. The molecule has 0 radical (unpaired) electrons. The van der Waals surface area contributed by atoms with Crippen molar-refractivity contribution in [2.45, 2.75) is 13.3 Å². The molecule has 0 aliphatic rings. The van der Waals surface area contributed by atoms with Gasteiger partial charge in [-0.2, -0.15) is 10.1 Å². The molecule has 0 bridgehead atoms. The van der Waals surface area contributed by atoms with Crippen molar-refractivity contribution in [2.75, 3.05) is 24.3 Å². The Morgan fingerprint density at radius 3 is 2.95 bits per heavy atom. The predicted molar refractivity (Wildman–Crippen MR) is 84.7 cm³/mol. The maximum absolute atomic E-state index is 11.6. The molecule has 8 heteroatoms. The summed E-state index contributed by atoms with van der Waals surface area (Å²) >= 11 is 6.12. The molecule has 0 spiro atoms. The summed E-state index contributed by atoms with van der Waals surface area (Å²) in [4.78, 5) is 15.8. The maximum atomic E-state index is 11.6. The monoisotopic (exact) mass is 321 g/mol. The lowest BCUT2D eigenvalue weighted by Crippen LogP contribution is -2.07. The zero-order valence-corrected chi connectivity index (χ0v) is 13.0. The van der Waals surface area contributed by atoms with Gasteiger partial charge in [0.1, 0.15) is 0 Å². The van der Waals surface area contributed by atoms with Crippen LogP contribution in [-0.2, 0) is 4.74 Å². The van der Waals surface area contributed by atoms with E-state index in [1.54, 1.807) is 18.2 Å². The topological polar surface area (TPSA) is 89.0 Å². The van der Waals surface area contributed by atoms with Crippen molar-refractivity contribution in [1.82, 2.24) is 15.2 Å². The lowest BCUT2D eigenvalue weighted by Gasteiger charge is -2.10. The van der Waals surface area contributed by atoms with Gasteiger partial charge in [0.2, 0.25) is 5.95 Å². The van der Waals surface area contributed by atoms with E-state index in [0.29, 0.717) is 28.0 Å². The van der Waals surface area contributed by atoms with Gasteiger partial charge in [-0.1, -0.05) is 18.5 Å². The van der Waals surface area contributed by atoms with Crippen molar-refractivity contribution >= 4 is 35.0 Å². The van der Waals surface area contributed by atoms with Crippen molar-refractivity contribution in [2.24, 2.45) is 0 Å². The molecule has 0 aliphatic carbocycles. The minimum absolute atomic E-state index is 0.390. The minimum Gasteiger partial charge on any atom is -0.465 e. The highest BCUT2D eigenvalue weighted by Gasteiger charge is 2.10. The summed E-state index contributed by atoms with van der Waals surface area (Å²) < 4.78 is 4.69. The second-order valence-electron chi connectivity index (χ2n) is 4.40.